The summed E-state index contributed by atoms with van der Waals surface area (Å²) in [5.74, 6) is 2.67. The van der Waals surface area contributed by atoms with Gasteiger partial charge in [0.05, 0.1) is 17.8 Å². The molecule has 0 heterocycles. The molecular formula is C19H42O2S. The Morgan fingerprint density at radius 2 is 1.50 bits per heavy atom. The zero-order valence-corrected chi connectivity index (χ0v) is 17.5. The Bertz CT molecular complexity index is 318. The van der Waals surface area contributed by atoms with Gasteiger partial charge in [-0.3, -0.25) is 0 Å². The predicted molar refractivity (Wildman–Crippen MR) is 103 cm³/mol. The topological polar surface area (TPSA) is 29.5 Å². The fourth-order valence-electron chi connectivity index (χ4n) is 2.71. The Morgan fingerprint density at radius 1 is 0.955 bits per heavy atom. The summed E-state index contributed by atoms with van der Waals surface area (Å²) >= 11 is 0. The third kappa shape index (κ3) is 10.1. The van der Waals surface area contributed by atoms with Crippen molar-refractivity contribution >= 4 is 10.0 Å². The minimum absolute atomic E-state index is 0.123. The maximum absolute atomic E-state index is 9.82. The Kier molecular flexibility index (Phi) is 8.50. The van der Waals surface area contributed by atoms with E-state index in [1.807, 2.05) is 13.8 Å². The van der Waals surface area contributed by atoms with Crippen molar-refractivity contribution < 1.29 is 9.84 Å². The molecular weight excluding hydrogens is 292 g/mol. The highest BCUT2D eigenvalue weighted by Gasteiger charge is 2.32. The standard InChI is InChI=1S/C19H42O2S/c1-10-19(7,13-15-22(8,9)11-2)16-18(5,6)21-14-12-17(3,4)20/h20H,10-16H2,1-9H3. The van der Waals surface area contributed by atoms with Crippen LogP contribution >= 0.6 is 10.0 Å². The van der Waals surface area contributed by atoms with E-state index in [0.717, 1.165) is 6.42 Å². The molecule has 3 heteroatoms. The Labute approximate surface area is 141 Å². The van der Waals surface area contributed by atoms with Gasteiger partial charge in [0.15, 0.2) is 0 Å². The summed E-state index contributed by atoms with van der Waals surface area (Å²) in [6.45, 7) is 15.8. The van der Waals surface area contributed by atoms with Crippen molar-refractivity contribution in [2.75, 3.05) is 30.6 Å². The van der Waals surface area contributed by atoms with Crippen LogP contribution in [0.3, 0.4) is 0 Å². The molecule has 1 unspecified atom stereocenters. The van der Waals surface area contributed by atoms with Gasteiger partial charge in [-0.15, -0.1) is 0 Å². The van der Waals surface area contributed by atoms with Crippen LogP contribution in [0.15, 0.2) is 0 Å². The molecule has 0 aromatic heterocycles. The third-order valence-electron chi connectivity index (χ3n) is 4.95. The molecule has 0 aromatic rings. The second kappa shape index (κ2) is 8.39. The highest BCUT2D eigenvalue weighted by Crippen LogP contribution is 2.45. The van der Waals surface area contributed by atoms with Crippen LogP contribution in [0.5, 0.6) is 0 Å². The first-order valence-electron chi connectivity index (χ1n) is 8.79. The molecule has 0 amide bonds. The second-order valence-corrected chi connectivity index (χ2v) is 13.5. The molecule has 0 saturated carbocycles. The maximum atomic E-state index is 9.82. The maximum Gasteiger partial charge on any atom is 0.0631 e. The molecule has 0 aliphatic rings. The lowest BCUT2D eigenvalue weighted by atomic mass is 9.76. The van der Waals surface area contributed by atoms with Crippen molar-refractivity contribution in [1.82, 2.24) is 0 Å². The van der Waals surface area contributed by atoms with Crippen molar-refractivity contribution in [2.45, 2.75) is 85.4 Å². The fourth-order valence-corrected chi connectivity index (χ4v) is 4.05. The minimum atomic E-state index is -0.640. The fraction of sp³-hybridized carbons (Fsp3) is 1.00. The summed E-state index contributed by atoms with van der Waals surface area (Å²) in [6.07, 6.45) is 9.17. The normalized spacial score (nSPS) is 17.4. The van der Waals surface area contributed by atoms with E-state index in [1.165, 1.54) is 24.3 Å². The van der Waals surface area contributed by atoms with Crippen molar-refractivity contribution in [3.8, 4) is 0 Å². The molecule has 1 atom stereocenters. The SMILES string of the molecule is CCC(C)(CCS(C)(C)CC)CC(C)(C)OCCC(C)(C)O. The smallest absolute Gasteiger partial charge is 0.0631 e. The number of hydrogen-bond acceptors (Lipinski definition) is 2. The van der Waals surface area contributed by atoms with Gasteiger partial charge in [0.25, 0.3) is 0 Å². The Balaban J connectivity index is 4.54. The average molecular weight is 335 g/mol. The molecule has 0 radical (unpaired) electrons. The summed E-state index contributed by atoms with van der Waals surface area (Å²) in [6, 6.07) is 0. The lowest BCUT2D eigenvalue weighted by Gasteiger charge is -2.40. The lowest BCUT2D eigenvalue weighted by Crippen LogP contribution is -2.35. The quantitative estimate of drug-likeness (QED) is 0.561. The van der Waals surface area contributed by atoms with E-state index in [2.05, 4.69) is 47.1 Å². The highest BCUT2D eigenvalue weighted by molar-refractivity contribution is 8.32. The van der Waals surface area contributed by atoms with E-state index in [-0.39, 0.29) is 5.60 Å². The summed E-state index contributed by atoms with van der Waals surface area (Å²) < 4.78 is 6.11. The van der Waals surface area contributed by atoms with Crippen LogP contribution in [0.4, 0.5) is 0 Å². The van der Waals surface area contributed by atoms with E-state index >= 15 is 0 Å². The molecule has 0 aliphatic heterocycles. The molecule has 0 spiro atoms. The van der Waals surface area contributed by atoms with Crippen LogP contribution in [0.25, 0.3) is 0 Å². The molecule has 0 aromatic carbocycles. The van der Waals surface area contributed by atoms with E-state index < -0.39 is 15.6 Å². The molecule has 136 valence electrons. The summed E-state index contributed by atoms with van der Waals surface area (Å²) in [5, 5.41) is 9.82. The molecule has 0 aliphatic carbocycles. The summed E-state index contributed by atoms with van der Waals surface area (Å²) in [7, 11) is -0.429. The monoisotopic (exact) mass is 334 g/mol. The van der Waals surface area contributed by atoms with Gasteiger partial charge in [-0.05, 0) is 76.4 Å². The van der Waals surface area contributed by atoms with Gasteiger partial charge in [0, 0.05) is 0 Å². The van der Waals surface area contributed by atoms with Crippen LogP contribution < -0.4 is 0 Å². The van der Waals surface area contributed by atoms with E-state index in [1.54, 1.807) is 0 Å². The first-order chi connectivity index (χ1) is 9.74. The Morgan fingerprint density at radius 3 is 1.91 bits per heavy atom. The molecule has 1 N–H and O–H groups in total. The van der Waals surface area contributed by atoms with Crippen LogP contribution in [-0.4, -0.2) is 46.9 Å². The summed E-state index contributed by atoms with van der Waals surface area (Å²) in [5.41, 5.74) is -0.419. The number of aliphatic hydroxyl groups is 1. The first kappa shape index (κ1) is 22.3. The van der Waals surface area contributed by atoms with Gasteiger partial charge >= 0.3 is 0 Å². The molecule has 0 rings (SSSR count). The van der Waals surface area contributed by atoms with Gasteiger partial charge in [0.2, 0.25) is 0 Å². The van der Waals surface area contributed by atoms with Crippen LogP contribution in [0.1, 0.15) is 74.1 Å². The molecule has 2 nitrogen and oxygen atoms in total. The number of rotatable bonds is 11. The van der Waals surface area contributed by atoms with Crippen LogP contribution in [0.2, 0.25) is 0 Å². The van der Waals surface area contributed by atoms with E-state index in [9.17, 15) is 5.11 Å². The average Bonchev–Trinajstić information content (AvgIpc) is 2.34. The van der Waals surface area contributed by atoms with Crippen molar-refractivity contribution in [1.29, 1.82) is 0 Å². The van der Waals surface area contributed by atoms with Gasteiger partial charge in [-0.2, -0.15) is 0 Å². The molecule has 0 saturated heterocycles. The number of ether oxygens (including phenoxy) is 1. The van der Waals surface area contributed by atoms with Gasteiger partial charge < -0.3 is 9.84 Å². The van der Waals surface area contributed by atoms with Crippen molar-refractivity contribution in [3.05, 3.63) is 0 Å². The lowest BCUT2D eigenvalue weighted by molar-refractivity contribution is -0.0690. The first-order valence-corrected chi connectivity index (χ1v) is 11.6. The van der Waals surface area contributed by atoms with Crippen LogP contribution in [-0.2, 0) is 4.74 Å². The molecule has 0 fully saturated rings. The highest BCUT2D eigenvalue weighted by atomic mass is 32.3. The zero-order valence-electron chi connectivity index (χ0n) is 16.7. The molecule has 0 bridgehead atoms. The second-order valence-electron chi connectivity index (χ2n) is 9.02. The Hall–Kier alpha value is 0.270. The zero-order chi connectivity index (χ0) is 17.7. The van der Waals surface area contributed by atoms with E-state index in [4.69, 9.17) is 4.74 Å². The largest absolute Gasteiger partial charge is 0.390 e. The van der Waals surface area contributed by atoms with Crippen molar-refractivity contribution in [2.24, 2.45) is 5.41 Å². The van der Waals surface area contributed by atoms with Gasteiger partial charge in [-0.1, -0.05) is 27.2 Å². The minimum Gasteiger partial charge on any atom is -0.390 e. The van der Waals surface area contributed by atoms with E-state index in [0.29, 0.717) is 18.4 Å². The van der Waals surface area contributed by atoms with Gasteiger partial charge in [0.1, 0.15) is 0 Å². The third-order valence-corrected chi connectivity index (χ3v) is 7.82. The molecule has 22 heavy (non-hydrogen) atoms. The van der Waals surface area contributed by atoms with Crippen molar-refractivity contribution in [3.63, 3.8) is 0 Å². The summed E-state index contributed by atoms with van der Waals surface area (Å²) in [4.78, 5) is 0. The van der Waals surface area contributed by atoms with Gasteiger partial charge in [-0.25, -0.2) is 10.0 Å². The number of hydrogen-bond donors (Lipinski definition) is 1. The van der Waals surface area contributed by atoms with Crippen LogP contribution in [0, 0.1) is 5.41 Å². The predicted octanol–water partition coefficient (Wildman–Crippen LogP) is 5.22.